The van der Waals surface area contributed by atoms with Crippen LogP contribution in [0.4, 0.5) is 10.1 Å². The van der Waals surface area contributed by atoms with Gasteiger partial charge < -0.3 is 10.1 Å². The highest BCUT2D eigenvalue weighted by Gasteiger charge is 2.16. The lowest BCUT2D eigenvalue weighted by Crippen LogP contribution is -2.16. The van der Waals surface area contributed by atoms with Gasteiger partial charge in [-0.1, -0.05) is 17.7 Å². The fourth-order valence-corrected chi connectivity index (χ4v) is 2.09. The Morgan fingerprint density at radius 3 is 2.50 bits per heavy atom. The van der Waals surface area contributed by atoms with Crippen LogP contribution >= 0.6 is 0 Å². The molecule has 2 rings (SSSR count). The molecule has 0 bridgehead atoms. The fourth-order valence-electron chi connectivity index (χ4n) is 2.09. The Morgan fingerprint density at radius 1 is 1.12 bits per heavy atom. The van der Waals surface area contributed by atoms with Gasteiger partial charge in [0.05, 0.1) is 11.1 Å². The van der Waals surface area contributed by atoms with E-state index in [4.69, 9.17) is 4.74 Å². The Kier molecular flexibility index (Phi) is 5.42. The van der Waals surface area contributed by atoms with Gasteiger partial charge in [-0.3, -0.25) is 9.59 Å². The number of ketones is 1. The van der Waals surface area contributed by atoms with Crippen molar-refractivity contribution in [1.29, 1.82) is 0 Å². The van der Waals surface area contributed by atoms with E-state index in [1.807, 2.05) is 13.0 Å². The van der Waals surface area contributed by atoms with Crippen LogP contribution in [0.5, 0.6) is 0 Å². The summed E-state index contributed by atoms with van der Waals surface area (Å²) < 4.78 is 18.9. The Labute approximate surface area is 138 Å². The maximum atomic E-state index is 13.9. The van der Waals surface area contributed by atoms with Gasteiger partial charge in [-0.15, -0.1) is 0 Å². The van der Waals surface area contributed by atoms with Crippen LogP contribution in [0.25, 0.3) is 0 Å². The van der Waals surface area contributed by atoms with Gasteiger partial charge in [0.1, 0.15) is 5.82 Å². The summed E-state index contributed by atoms with van der Waals surface area (Å²) in [6.45, 7) is 2.55. The summed E-state index contributed by atoms with van der Waals surface area (Å²) in [5.74, 6) is -2.45. The summed E-state index contributed by atoms with van der Waals surface area (Å²) in [5, 5.41) is 2.41. The molecule has 2 aromatic rings. The Morgan fingerprint density at radius 2 is 1.88 bits per heavy atom. The lowest BCUT2D eigenvalue weighted by molar-refractivity contribution is -0.114. The van der Waals surface area contributed by atoms with Crippen LogP contribution in [-0.4, -0.2) is 24.3 Å². The number of hydrogen-bond acceptors (Lipinski definition) is 4. The topological polar surface area (TPSA) is 72.5 Å². The number of carbonyl (C=O) groups is 3. The van der Waals surface area contributed by atoms with Crippen molar-refractivity contribution in [3.8, 4) is 0 Å². The zero-order valence-electron chi connectivity index (χ0n) is 13.3. The van der Waals surface area contributed by atoms with Crippen molar-refractivity contribution in [3.63, 3.8) is 0 Å². The first-order chi connectivity index (χ1) is 11.4. The van der Waals surface area contributed by atoms with E-state index in [0.717, 1.165) is 11.6 Å². The maximum Gasteiger partial charge on any atom is 0.338 e. The summed E-state index contributed by atoms with van der Waals surface area (Å²) in [6.07, 6.45) is 0. The number of nitrogens with one attached hydrogen (secondary N) is 1. The Balaban J connectivity index is 2.02. The number of halogens is 1. The molecule has 24 heavy (non-hydrogen) atoms. The molecule has 0 saturated heterocycles. The second-order valence-corrected chi connectivity index (χ2v) is 5.24. The second-order valence-electron chi connectivity index (χ2n) is 5.24. The summed E-state index contributed by atoms with van der Waals surface area (Å²) in [6, 6.07) is 10.4. The number of rotatable bonds is 5. The zero-order chi connectivity index (χ0) is 17.7. The monoisotopic (exact) mass is 329 g/mol. The number of benzene rings is 2. The van der Waals surface area contributed by atoms with Gasteiger partial charge in [0.2, 0.25) is 11.7 Å². The molecule has 1 N–H and O–H groups in total. The first kappa shape index (κ1) is 17.3. The molecule has 0 radical (unpaired) electrons. The first-order valence-corrected chi connectivity index (χ1v) is 7.21. The SMILES string of the molecule is CC(=O)Nc1ccc(C(=O)COC(=O)c2cccc(C)c2)c(F)c1. The highest BCUT2D eigenvalue weighted by molar-refractivity contribution is 6.00. The molecule has 0 fully saturated rings. The molecule has 0 unspecified atom stereocenters. The third-order valence-electron chi connectivity index (χ3n) is 3.18. The average Bonchev–Trinajstić information content (AvgIpc) is 2.51. The molecule has 0 aliphatic rings. The predicted molar refractivity (Wildman–Crippen MR) is 86.5 cm³/mol. The van der Waals surface area contributed by atoms with Gasteiger partial charge in [0.25, 0.3) is 0 Å². The van der Waals surface area contributed by atoms with Crippen LogP contribution in [0.3, 0.4) is 0 Å². The highest BCUT2D eigenvalue weighted by Crippen LogP contribution is 2.15. The zero-order valence-corrected chi connectivity index (χ0v) is 13.3. The van der Waals surface area contributed by atoms with Crippen molar-refractivity contribution in [2.24, 2.45) is 0 Å². The number of Topliss-reactive ketones (excluding diaryl/α,β-unsaturated/α-hetero) is 1. The number of aryl methyl sites for hydroxylation is 1. The quantitative estimate of drug-likeness (QED) is 0.676. The number of ether oxygens (including phenoxy) is 1. The van der Waals surface area contributed by atoms with E-state index in [0.29, 0.717) is 5.56 Å². The fraction of sp³-hybridized carbons (Fsp3) is 0.167. The van der Waals surface area contributed by atoms with Crippen LogP contribution in [0.1, 0.15) is 33.2 Å². The van der Waals surface area contributed by atoms with Crippen LogP contribution in [0.2, 0.25) is 0 Å². The summed E-state index contributed by atoms with van der Waals surface area (Å²) >= 11 is 0. The van der Waals surface area contributed by atoms with Gasteiger partial charge in [0, 0.05) is 12.6 Å². The molecule has 2 aromatic carbocycles. The van der Waals surface area contributed by atoms with Gasteiger partial charge in [-0.25, -0.2) is 9.18 Å². The molecular weight excluding hydrogens is 313 g/mol. The average molecular weight is 329 g/mol. The highest BCUT2D eigenvalue weighted by atomic mass is 19.1. The van der Waals surface area contributed by atoms with Crippen molar-refractivity contribution in [2.45, 2.75) is 13.8 Å². The van der Waals surface area contributed by atoms with Crippen molar-refractivity contribution >= 4 is 23.3 Å². The minimum absolute atomic E-state index is 0.207. The largest absolute Gasteiger partial charge is 0.454 e. The van der Waals surface area contributed by atoms with Crippen LogP contribution < -0.4 is 5.32 Å². The smallest absolute Gasteiger partial charge is 0.338 e. The minimum atomic E-state index is -0.794. The van der Waals surface area contributed by atoms with E-state index < -0.39 is 24.2 Å². The van der Waals surface area contributed by atoms with E-state index >= 15 is 0 Å². The number of hydrogen-bond donors (Lipinski definition) is 1. The lowest BCUT2D eigenvalue weighted by atomic mass is 10.1. The van der Waals surface area contributed by atoms with Crippen LogP contribution in [0.15, 0.2) is 42.5 Å². The molecule has 1 amide bonds. The van der Waals surface area contributed by atoms with Crippen LogP contribution in [0, 0.1) is 12.7 Å². The normalized spacial score (nSPS) is 10.1. The number of anilines is 1. The Bertz CT molecular complexity index is 801. The van der Waals surface area contributed by atoms with E-state index in [1.54, 1.807) is 18.2 Å². The Hall–Kier alpha value is -3.02. The third-order valence-corrected chi connectivity index (χ3v) is 3.18. The number of carbonyl (C=O) groups excluding carboxylic acids is 3. The molecule has 0 heterocycles. The molecule has 0 aliphatic heterocycles. The van der Waals surface area contributed by atoms with E-state index in [1.165, 1.54) is 19.1 Å². The molecule has 6 heteroatoms. The van der Waals surface area contributed by atoms with Gasteiger partial charge in [-0.2, -0.15) is 0 Å². The summed E-state index contributed by atoms with van der Waals surface area (Å²) in [4.78, 5) is 34.8. The standard InChI is InChI=1S/C18H16FNO4/c1-11-4-3-5-13(8-11)18(23)24-10-17(22)15-7-6-14(9-16(15)19)20-12(2)21/h3-9H,10H2,1-2H3,(H,20,21). The van der Waals surface area contributed by atoms with Crippen molar-refractivity contribution < 1.29 is 23.5 Å². The molecule has 5 nitrogen and oxygen atoms in total. The van der Waals surface area contributed by atoms with E-state index in [-0.39, 0.29) is 17.2 Å². The lowest BCUT2D eigenvalue weighted by Gasteiger charge is -2.07. The molecule has 0 spiro atoms. The van der Waals surface area contributed by atoms with E-state index in [2.05, 4.69) is 5.32 Å². The number of esters is 1. The molecule has 0 aliphatic carbocycles. The molecule has 0 aromatic heterocycles. The molecule has 124 valence electrons. The number of amides is 1. The van der Waals surface area contributed by atoms with Crippen molar-refractivity contribution in [2.75, 3.05) is 11.9 Å². The summed E-state index contributed by atoms with van der Waals surface area (Å²) in [7, 11) is 0. The van der Waals surface area contributed by atoms with Crippen LogP contribution in [-0.2, 0) is 9.53 Å². The maximum absolute atomic E-state index is 13.9. The summed E-state index contributed by atoms with van der Waals surface area (Å²) in [5.41, 5.74) is 1.24. The molecule has 0 atom stereocenters. The molecular formula is C18H16FNO4. The second kappa shape index (κ2) is 7.50. The van der Waals surface area contributed by atoms with Crippen molar-refractivity contribution in [1.82, 2.24) is 0 Å². The third kappa shape index (κ3) is 4.49. The predicted octanol–water partition coefficient (Wildman–Crippen LogP) is 3.13. The van der Waals surface area contributed by atoms with Crippen molar-refractivity contribution in [3.05, 3.63) is 65.0 Å². The minimum Gasteiger partial charge on any atom is -0.454 e. The van der Waals surface area contributed by atoms with E-state index in [9.17, 15) is 18.8 Å². The molecule has 0 saturated carbocycles. The van der Waals surface area contributed by atoms with Gasteiger partial charge in [-0.05, 0) is 37.3 Å². The first-order valence-electron chi connectivity index (χ1n) is 7.21. The van der Waals surface area contributed by atoms with Gasteiger partial charge >= 0.3 is 5.97 Å². The van der Waals surface area contributed by atoms with Gasteiger partial charge in [0.15, 0.2) is 6.61 Å².